The van der Waals surface area contributed by atoms with Gasteiger partial charge in [-0.2, -0.15) is 0 Å². The van der Waals surface area contributed by atoms with Crippen LogP contribution in [0.1, 0.15) is 36.8 Å². The van der Waals surface area contributed by atoms with Crippen LogP contribution in [0.25, 0.3) is 0 Å². The van der Waals surface area contributed by atoms with Crippen LogP contribution in [0.2, 0.25) is 0 Å². The quantitative estimate of drug-likeness (QED) is 0.758. The summed E-state index contributed by atoms with van der Waals surface area (Å²) in [4.78, 5) is 0. The van der Waals surface area contributed by atoms with Crippen LogP contribution in [0.15, 0.2) is 18.2 Å². The van der Waals surface area contributed by atoms with Crippen molar-refractivity contribution in [2.45, 2.75) is 37.5 Å². The van der Waals surface area contributed by atoms with Crippen LogP contribution in [0.3, 0.4) is 0 Å². The summed E-state index contributed by atoms with van der Waals surface area (Å²) in [6, 6.07) is 5.89. The Bertz CT molecular complexity index is 409. The molecule has 1 aromatic carbocycles. The Kier molecular flexibility index (Phi) is 2.21. The average molecular weight is 217 g/mol. The number of benzene rings is 1. The van der Waals surface area contributed by atoms with Gasteiger partial charge in [-0.25, -0.2) is 0 Å². The van der Waals surface area contributed by atoms with Crippen molar-refractivity contribution in [2.24, 2.45) is 11.7 Å². The third-order valence-electron chi connectivity index (χ3n) is 4.70. The van der Waals surface area contributed by atoms with Gasteiger partial charge in [0.15, 0.2) is 0 Å². The highest BCUT2D eigenvalue weighted by Crippen LogP contribution is 2.54. The van der Waals surface area contributed by atoms with Crippen molar-refractivity contribution in [3.63, 3.8) is 0 Å². The lowest BCUT2D eigenvalue weighted by Gasteiger charge is -2.51. The van der Waals surface area contributed by atoms with E-state index >= 15 is 0 Å². The Hall–Kier alpha value is -1.02. The molecule has 2 nitrogen and oxygen atoms in total. The molecule has 1 spiro atoms. The summed E-state index contributed by atoms with van der Waals surface area (Å²) in [5, 5.41) is 9.67. The third kappa shape index (κ3) is 1.23. The zero-order valence-corrected chi connectivity index (χ0v) is 9.58. The highest BCUT2D eigenvalue weighted by Gasteiger charge is 2.47. The lowest BCUT2D eigenvalue weighted by molar-refractivity contribution is 0.129. The second-order valence-electron chi connectivity index (χ2n) is 5.32. The van der Waals surface area contributed by atoms with E-state index in [0.29, 0.717) is 17.1 Å². The minimum atomic E-state index is 0.307. The summed E-state index contributed by atoms with van der Waals surface area (Å²) in [6.07, 6.45) is 6.16. The summed E-state index contributed by atoms with van der Waals surface area (Å²) in [6.45, 7) is 0.787. The lowest BCUT2D eigenvalue weighted by Crippen LogP contribution is -2.48. The first-order valence-electron chi connectivity index (χ1n) is 6.29. The Morgan fingerprint density at radius 2 is 2.19 bits per heavy atom. The molecular formula is C14H19NO. The second kappa shape index (κ2) is 3.49. The fraction of sp³-hybridized carbons (Fsp3) is 0.571. The van der Waals surface area contributed by atoms with Gasteiger partial charge in [0, 0.05) is 0 Å². The van der Waals surface area contributed by atoms with Gasteiger partial charge in [-0.3, -0.25) is 0 Å². The van der Waals surface area contributed by atoms with Crippen LogP contribution in [-0.2, 0) is 11.8 Å². The summed E-state index contributed by atoms with van der Waals surface area (Å²) in [5.74, 6) is 1.03. The number of aryl methyl sites for hydroxylation is 1. The van der Waals surface area contributed by atoms with Crippen LogP contribution >= 0.6 is 0 Å². The highest BCUT2D eigenvalue weighted by molar-refractivity contribution is 5.44. The van der Waals surface area contributed by atoms with Crippen LogP contribution in [0, 0.1) is 5.92 Å². The van der Waals surface area contributed by atoms with E-state index in [1.54, 1.807) is 0 Å². The van der Waals surface area contributed by atoms with E-state index in [4.69, 9.17) is 5.73 Å². The van der Waals surface area contributed by atoms with Crippen molar-refractivity contribution in [3.8, 4) is 5.75 Å². The molecule has 0 saturated heterocycles. The van der Waals surface area contributed by atoms with Gasteiger partial charge >= 0.3 is 0 Å². The maximum atomic E-state index is 9.67. The van der Waals surface area contributed by atoms with Crippen LogP contribution in [0.4, 0.5) is 0 Å². The number of aromatic hydroxyl groups is 1. The molecule has 0 heterocycles. The first-order chi connectivity index (χ1) is 7.76. The first-order valence-corrected chi connectivity index (χ1v) is 6.29. The zero-order chi connectivity index (χ0) is 11.2. The fourth-order valence-electron chi connectivity index (χ4n) is 3.65. The van der Waals surface area contributed by atoms with Gasteiger partial charge < -0.3 is 10.8 Å². The molecule has 1 atom stereocenters. The third-order valence-corrected chi connectivity index (χ3v) is 4.70. The minimum absolute atomic E-state index is 0.307. The molecule has 2 aliphatic rings. The van der Waals surface area contributed by atoms with Crippen molar-refractivity contribution in [1.29, 1.82) is 0 Å². The Balaban J connectivity index is 2.10. The molecular weight excluding hydrogens is 198 g/mol. The predicted octanol–water partition coefficient (Wildman–Crippen LogP) is 2.34. The minimum Gasteiger partial charge on any atom is -0.508 e. The van der Waals surface area contributed by atoms with E-state index in [9.17, 15) is 5.11 Å². The molecule has 1 saturated carbocycles. The lowest BCUT2D eigenvalue weighted by atomic mass is 9.53. The smallest absolute Gasteiger partial charge is 0.115 e. The highest BCUT2D eigenvalue weighted by atomic mass is 16.3. The summed E-state index contributed by atoms with van der Waals surface area (Å²) < 4.78 is 0. The Labute approximate surface area is 96.5 Å². The molecule has 2 aliphatic carbocycles. The number of nitrogens with two attached hydrogens (primary N) is 1. The van der Waals surface area contributed by atoms with E-state index < -0.39 is 0 Å². The molecule has 0 bridgehead atoms. The molecule has 2 heteroatoms. The van der Waals surface area contributed by atoms with Gasteiger partial charge in [-0.15, -0.1) is 0 Å². The van der Waals surface area contributed by atoms with Gasteiger partial charge in [0.05, 0.1) is 0 Å². The fourth-order valence-corrected chi connectivity index (χ4v) is 3.65. The summed E-state index contributed by atoms with van der Waals surface area (Å²) in [5.41, 5.74) is 9.05. The van der Waals surface area contributed by atoms with Crippen LogP contribution in [-0.4, -0.2) is 11.7 Å². The average Bonchev–Trinajstić information content (AvgIpc) is 2.24. The normalized spacial score (nSPS) is 26.2. The van der Waals surface area contributed by atoms with Gasteiger partial charge in [-0.05, 0) is 66.8 Å². The number of fused-ring (bicyclic) bond motifs is 2. The summed E-state index contributed by atoms with van der Waals surface area (Å²) >= 11 is 0. The number of phenols is 1. The SMILES string of the molecule is NCC1CCc2ccc(O)cc2C12CCC2. The van der Waals surface area contributed by atoms with E-state index in [1.807, 2.05) is 12.1 Å². The molecule has 1 aromatic rings. The van der Waals surface area contributed by atoms with Crippen LogP contribution < -0.4 is 5.73 Å². The monoisotopic (exact) mass is 217 g/mol. The van der Waals surface area contributed by atoms with Gasteiger partial charge in [0.2, 0.25) is 0 Å². The molecule has 3 N–H and O–H groups in total. The first kappa shape index (κ1) is 10.2. The molecule has 16 heavy (non-hydrogen) atoms. The standard InChI is InChI=1S/C14H19NO/c15-9-11-4-2-10-3-5-12(16)8-13(10)14(11)6-1-7-14/h3,5,8,11,16H,1-2,4,6-7,9,15H2. The van der Waals surface area contributed by atoms with E-state index in [0.717, 1.165) is 13.0 Å². The Morgan fingerprint density at radius 1 is 1.38 bits per heavy atom. The van der Waals surface area contributed by atoms with Crippen molar-refractivity contribution in [2.75, 3.05) is 6.54 Å². The van der Waals surface area contributed by atoms with Crippen molar-refractivity contribution < 1.29 is 5.11 Å². The molecule has 0 aliphatic heterocycles. The maximum absolute atomic E-state index is 9.67. The second-order valence-corrected chi connectivity index (χ2v) is 5.32. The van der Waals surface area contributed by atoms with E-state index in [-0.39, 0.29) is 0 Å². The topological polar surface area (TPSA) is 46.2 Å². The maximum Gasteiger partial charge on any atom is 0.115 e. The summed E-state index contributed by atoms with van der Waals surface area (Å²) in [7, 11) is 0. The zero-order valence-electron chi connectivity index (χ0n) is 9.58. The molecule has 0 radical (unpaired) electrons. The van der Waals surface area contributed by atoms with Crippen molar-refractivity contribution >= 4 is 0 Å². The Morgan fingerprint density at radius 3 is 2.81 bits per heavy atom. The van der Waals surface area contributed by atoms with Gasteiger partial charge in [-0.1, -0.05) is 12.5 Å². The molecule has 1 fully saturated rings. The molecule has 86 valence electrons. The number of hydrogen-bond acceptors (Lipinski definition) is 2. The van der Waals surface area contributed by atoms with Crippen molar-refractivity contribution in [3.05, 3.63) is 29.3 Å². The molecule has 1 unspecified atom stereocenters. The van der Waals surface area contributed by atoms with E-state index in [1.165, 1.54) is 36.8 Å². The number of hydrogen-bond donors (Lipinski definition) is 2. The van der Waals surface area contributed by atoms with E-state index in [2.05, 4.69) is 6.07 Å². The van der Waals surface area contributed by atoms with Gasteiger partial charge in [0.25, 0.3) is 0 Å². The number of rotatable bonds is 1. The molecule has 0 aromatic heterocycles. The number of phenolic OH excluding ortho intramolecular Hbond substituents is 1. The van der Waals surface area contributed by atoms with Crippen molar-refractivity contribution in [1.82, 2.24) is 0 Å². The molecule has 3 rings (SSSR count). The predicted molar refractivity (Wildman–Crippen MR) is 64.5 cm³/mol. The van der Waals surface area contributed by atoms with Gasteiger partial charge in [0.1, 0.15) is 5.75 Å². The van der Waals surface area contributed by atoms with Crippen LogP contribution in [0.5, 0.6) is 5.75 Å². The molecule has 0 amide bonds. The largest absolute Gasteiger partial charge is 0.508 e.